The van der Waals surface area contributed by atoms with E-state index in [-0.39, 0.29) is 11.9 Å². The van der Waals surface area contributed by atoms with Crippen molar-refractivity contribution in [2.75, 3.05) is 32.6 Å². The third-order valence-electron chi connectivity index (χ3n) is 6.53. The molecular weight excluding hydrogens is 536 g/mol. The van der Waals surface area contributed by atoms with Gasteiger partial charge in [0.25, 0.3) is 0 Å². The smallest absolute Gasteiger partial charge is 0.245 e. The summed E-state index contributed by atoms with van der Waals surface area (Å²) in [5.74, 6) is 1.44. The van der Waals surface area contributed by atoms with E-state index < -0.39 is 5.41 Å². The molecule has 0 saturated heterocycles. The van der Waals surface area contributed by atoms with Crippen LogP contribution in [0.4, 0.5) is 5.95 Å². The summed E-state index contributed by atoms with van der Waals surface area (Å²) in [6, 6.07) is 8.47. The maximum Gasteiger partial charge on any atom is 0.245 e. The van der Waals surface area contributed by atoms with Crippen LogP contribution in [0.1, 0.15) is 48.0 Å². The molecule has 0 spiro atoms. The number of allylic oxidation sites excluding steroid dienone is 3. The standard InChI is InChI=1S/C27H29BrN6O3/c1-17-30-24(33-37-17)27(12-10-19(11-13-27)21-7-5-4-6-20(21)18-8-9-18)25(35)32-26-29-16-22(28)23(31-26)36-15-14-34(2)3/h4-7,10-12,16,18H,8-9,13-15H2,1-3H3,(H,29,31,32,35). The normalized spacial score (nSPS) is 19.1. The number of nitrogens with one attached hydrogen (secondary N) is 1. The number of halogens is 1. The van der Waals surface area contributed by atoms with Gasteiger partial charge in [-0.05, 0) is 71.9 Å². The molecule has 10 heteroatoms. The Morgan fingerprint density at radius 1 is 1.27 bits per heavy atom. The molecular formula is C27H29BrN6O3. The Balaban J connectivity index is 1.41. The van der Waals surface area contributed by atoms with E-state index in [1.54, 1.807) is 13.1 Å². The van der Waals surface area contributed by atoms with Gasteiger partial charge in [-0.25, -0.2) is 4.98 Å². The first-order valence-electron chi connectivity index (χ1n) is 12.3. The van der Waals surface area contributed by atoms with Gasteiger partial charge in [-0.1, -0.05) is 47.7 Å². The molecule has 9 nitrogen and oxygen atoms in total. The zero-order valence-corrected chi connectivity index (χ0v) is 22.7. The van der Waals surface area contributed by atoms with Crippen LogP contribution >= 0.6 is 15.9 Å². The number of hydrogen-bond acceptors (Lipinski definition) is 8. The van der Waals surface area contributed by atoms with Gasteiger partial charge in [-0.15, -0.1) is 0 Å². The Morgan fingerprint density at radius 2 is 2.08 bits per heavy atom. The lowest BCUT2D eigenvalue weighted by Crippen LogP contribution is -2.40. The highest BCUT2D eigenvalue weighted by molar-refractivity contribution is 9.10. The first-order chi connectivity index (χ1) is 17.9. The van der Waals surface area contributed by atoms with Gasteiger partial charge in [0, 0.05) is 13.5 Å². The molecule has 192 valence electrons. The van der Waals surface area contributed by atoms with Crippen LogP contribution in [-0.4, -0.2) is 58.2 Å². The van der Waals surface area contributed by atoms with Crippen LogP contribution in [0.3, 0.4) is 0 Å². The lowest BCUT2D eigenvalue weighted by molar-refractivity contribution is -0.120. The van der Waals surface area contributed by atoms with Crippen molar-refractivity contribution >= 4 is 33.4 Å². The van der Waals surface area contributed by atoms with E-state index in [0.717, 1.165) is 12.1 Å². The summed E-state index contributed by atoms with van der Waals surface area (Å²) in [6.07, 6.45) is 10.3. The average molecular weight is 565 g/mol. The fraction of sp³-hybridized carbons (Fsp3) is 0.370. The highest BCUT2D eigenvalue weighted by atomic mass is 79.9. The summed E-state index contributed by atoms with van der Waals surface area (Å²) >= 11 is 3.41. The van der Waals surface area contributed by atoms with Gasteiger partial charge in [0.05, 0.1) is 10.7 Å². The predicted molar refractivity (Wildman–Crippen MR) is 143 cm³/mol. The van der Waals surface area contributed by atoms with E-state index in [0.29, 0.717) is 41.0 Å². The van der Waals surface area contributed by atoms with Crippen LogP contribution in [-0.2, 0) is 10.2 Å². The van der Waals surface area contributed by atoms with E-state index in [1.165, 1.54) is 24.0 Å². The molecule has 2 aliphatic carbocycles. The fourth-order valence-electron chi connectivity index (χ4n) is 4.32. The largest absolute Gasteiger partial charge is 0.475 e. The quantitative estimate of drug-likeness (QED) is 0.399. The minimum atomic E-state index is -1.17. The minimum absolute atomic E-state index is 0.134. The predicted octanol–water partition coefficient (Wildman–Crippen LogP) is 4.67. The number of likely N-dealkylation sites (N-methyl/N-ethyl adjacent to an activating group) is 1. The third-order valence-corrected chi connectivity index (χ3v) is 7.07. The summed E-state index contributed by atoms with van der Waals surface area (Å²) in [6.45, 7) is 2.87. The van der Waals surface area contributed by atoms with Crippen molar-refractivity contribution in [2.24, 2.45) is 0 Å². The summed E-state index contributed by atoms with van der Waals surface area (Å²) in [4.78, 5) is 28.9. The average Bonchev–Trinajstić information content (AvgIpc) is 3.65. The molecule has 0 aliphatic heterocycles. The highest BCUT2D eigenvalue weighted by Gasteiger charge is 2.43. The summed E-state index contributed by atoms with van der Waals surface area (Å²) in [5, 5.41) is 6.96. The molecule has 1 N–H and O–H groups in total. The first-order valence-corrected chi connectivity index (χ1v) is 13.1. The second-order valence-corrected chi connectivity index (χ2v) is 10.5. The maximum absolute atomic E-state index is 13.8. The molecule has 0 bridgehead atoms. The minimum Gasteiger partial charge on any atom is -0.475 e. The Hall–Kier alpha value is -3.37. The van der Waals surface area contributed by atoms with Gasteiger partial charge in [-0.3, -0.25) is 10.1 Å². The molecule has 37 heavy (non-hydrogen) atoms. The second-order valence-electron chi connectivity index (χ2n) is 9.62. The Morgan fingerprint density at radius 3 is 2.76 bits per heavy atom. The van der Waals surface area contributed by atoms with Crippen LogP contribution in [0.2, 0.25) is 0 Å². The lowest BCUT2D eigenvalue weighted by Gasteiger charge is -2.28. The maximum atomic E-state index is 13.8. The van der Waals surface area contributed by atoms with Crippen LogP contribution < -0.4 is 10.1 Å². The van der Waals surface area contributed by atoms with E-state index in [4.69, 9.17) is 9.26 Å². The molecule has 1 amide bonds. The van der Waals surface area contributed by atoms with Gasteiger partial charge >= 0.3 is 0 Å². The van der Waals surface area contributed by atoms with E-state index in [1.807, 2.05) is 31.1 Å². The zero-order valence-electron chi connectivity index (χ0n) is 21.1. The van der Waals surface area contributed by atoms with Crippen molar-refractivity contribution in [1.82, 2.24) is 25.0 Å². The molecule has 1 saturated carbocycles. The van der Waals surface area contributed by atoms with Crippen LogP contribution in [0.5, 0.6) is 5.88 Å². The first kappa shape index (κ1) is 25.3. The summed E-state index contributed by atoms with van der Waals surface area (Å²) < 4.78 is 11.6. The molecule has 1 unspecified atom stereocenters. The van der Waals surface area contributed by atoms with Crippen molar-refractivity contribution in [2.45, 2.75) is 37.5 Å². The number of ether oxygens (including phenoxy) is 1. The van der Waals surface area contributed by atoms with Crippen molar-refractivity contribution < 1.29 is 14.1 Å². The number of hydrogen-bond donors (Lipinski definition) is 1. The molecule has 3 aromatic rings. The number of carbonyl (C=O) groups is 1. The number of aromatic nitrogens is 4. The lowest BCUT2D eigenvalue weighted by atomic mass is 9.77. The van der Waals surface area contributed by atoms with E-state index >= 15 is 0 Å². The number of nitrogens with zero attached hydrogens (tertiary/aromatic N) is 5. The summed E-state index contributed by atoms with van der Waals surface area (Å²) in [7, 11) is 3.93. The number of amides is 1. The van der Waals surface area contributed by atoms with Crippen LogP contribution in [0.15, 0.2) is 57.7 Å². The van der Waals surface area contributed by atoms with Crippen LogP contribution in [0.25, 0.3) is 5.57 Å². The monoisotopic (exact) mass is 564 g/mol. The molecule has 1 fully saturated rings. The SMILES string of the molecule is Cc1nc(C2(C(=O)Nc3ncc(Br)c(OCCN(C)C)n3)C=CC(c3ccccc3C3CC3)=CC2)no1. The number of carbonyl (C=O) groups excluding carboxylic acids is 1. The second kappa shape index (κ2) is 10.5. The molecule has 2 heterocycles. The molecule has 2 aliphatic rings. The number of aryl methyl sites for hydroxylation is 1. The Bertz CT molecular complexity index is 1360. The van der Waals surface area contributed by atoms with Gasteiger partial charge < -0.3 is 14.2 Å². The summed E-state index contributed by atoms with van der Waals surface area (Å²) in [5.41, 5.74) is 2.48. The van der Waals surface area contributed by atoms with Crippen molar-refractivity contribution in [3.63, 3.8) is 0 Å². The number of benzene rings is 1. The molecule has 2 aromatic heterocycles. The topological polar surface area (TPSA) is 106 Å². The van der Waals surface area contributed by atoms with Gasteiger partial charge in [-0.2, -0.15) is 9.97 Å². The molecule has 5 rings (SSSR count). The number of rotatable bonds is 9. The molecule has 1 aromatic carbocycles. The van der Waals surface area contributed by atoms with Gasteiger partial charge in [0.1, 0.15) is 12.0 Å². The van der Waals surface area contributed by atoms with E-state index in [2.05, 4.69) is 71.7 Å². The highest BCUT2D eigenvalue weighted by Crippen LogP contribution is 2.45. The fourth-order valence-corrected chi connectivity index (χ4v) is 4.62. The Kier molecular flexibility index (Phi) is 7.21. The van der Waals surface area contributed by atoms with Gasteiger partial charge in [0.15, 0.2) is 5.82 Å². The molecule has 0 radical (unpaired) electrons. The van der Waals surface area contributed by atoms with Crippen molar-refractivity contribution in [3.05, 3.63) is 76.0 Å². The van der Waals surface area contributed by atoms with Crippen molar-refractivity contribution in [3.8, 4) is 5.88 Å². The van der Waals surface area contributed by atoms with E-state index in [9.17, 15) is 4.79 Å². The molecule has 1 atom stereocenters. The Labute approximate surface area is 224 Å². The number of anilines is 1. The zero-order chi connectivity index (χ0) is 26.0. The van der Waals surface area contributed by atoms with Gasteiger partial charge in [0.2, 0.25) is 23.6 Å². The van der Waals surface area contributed by atoms with Crippen LogP contribution in [0, 0.1) is 6.92 Å². The third kappa shape index (κ3) is 5.50. The van der Waals surface area contributed by atoms with Crippen molar-refractivity contribution in [1.29, 1.82) is 0 Å².